The van der Waals surface area contributed by atoms with Crippen molar-refractivity contribution >= 4 is 5.91 Å². The van der Waals surface area contributed by atoms with Crippen LogP contribution in [-0.2, 0) is 0 Å². The van der Waals surface area contributed by atoms with E-state index >= 15 is 0 Å². The number of rotatable bonds is 3. The van der Waals surface area contributed by atoms with Gasteiger partial charge in [-0.15, -0.1) is 0 Å². The van der Waals surface area contributed by atoms with Gasteiger partial charge in [0.15, 0.2) is 5.69 Å². The van der Waals surface area contributed by atoms with E-state index in [1.54, 1.807) is 4.68 Å². The van der Waals surface area contributed by atoms with Crippen LogP contribution in [0.25, 0.3) is 5.69 Å². The summed E-state index contributed by atoms with van der Waals surface area (Å²) in [5, 5.41) is 4.24. The van der Waals surface area contributed by atoms with Gasteiger partial charge in [0.2, 0.25) is 0 Å². The van der Waals surface area contributed by atoms with Crippen molar-refractivity contribution in [2.75, 3.05) is 0 Å². The molecule has 0 saturated heterocycles. The van der Waals surface area contributed by atoms with E-state index in [-0.39, 0.29) is 5.92 Å². The molecule has 0 aliphatic carbocycles. The second kappa shape index (κ2) is 4.41. The van der Waals surface area contributed by atoms with E-state index in [2.05, 4.69) is 5.10 Å². The number of aromatic nitrogens is 2. The Labute approximate surface area is 100 Å². The summed E-state index contributed by atoms with van der Waals surface area (Å²) in [4.78, 5) is 11.3. The van der Waals surface area contributed by atoms with E-state index in [4.69, 9.17) is 5.73 Å². The van der Waals surface area contributed by atoms with Crippen molar-refractivity contribution < 1.29 is 4.79 Å². The molecule has 0 fully saturated rings. The van der Waals surface area contributed by atoms with Crippen molar-refractivity contribution in [3.8, 4) is 5.69 Å². The molecule has 0 spiro atoms. The number of carbonyl (C=O) groups is 1. The Morgan fingerprint density at radius 3 is 2.41 bits per heavy atom. The fourth-order valence-electron chi connectivity index (χ4n) is 1.71. The van der Waals surface area contributed by atoms with Crippen LogP contribution in [0.4, 0.5) is 0 Å². The molecule has 1 aromatic heterocycles. The molecule has 0 aliphatic heterocycles. The minimum atomic E-state index is -0.483. The second-order valence-corrected chi connectivity index (χ2v) is 4.23. The third-order valence-electron chi connectivity index (χ3n) is 2.62. The number of hydrogen-bond donors (Lipinski definition) is 1. The summed E-state index contributed by atoms with van der Waals surface area (Å²) in [6.07, 6.45) is 1.86. The highest BCUT2D eigenvalue weighted by atomic mass is 16.1. The van der Waals surface area contributed by atoms with Crippen LogP contribution >= 0.6 is 0 Å². The average molecular weight is 229 g/mol. The van der Waals surface area contributed by atoms with Crippen LogP contribution in [0, 0.1) is 0 Å². The van der Waals surface area contributed by atoms with Crippen LogP contribution in [-0.4, -0.2) is 15.7 Å². The second-order valence-electron chi connectivity index (χ2n) is 4.23. The minimum Gasteiger partial charge on any atom is -0.364 e. The van der Waals surface area contributed by atoms with E-state index in [0.29, 0.717) is 5.69 Å². The van der Waals surface area contributed by atoms with Gasteiger partial charge in [-0.1, -0.05) is 32.0 Å². The Hall–Kier alpha value is -2.10. The van der Waals surface area contributed by atoms with Crippen LogP contribution in [0.3, 0.4) is 0 Å². The SMILES string of the molecule is CC(C)c1cn(-c2ccccc2)nc1C(N)=O. The van der Waals surface area contributed by atoms with Gasteiger partial charge in [0.25, 0.3) is 5.91 Å². The molecule has 1 heterocycles. The maximum absolute atomic E-state index is 11.3. The van der Waals surface area contributed by atoms with Crippen molar-refractivity contribution in [1.29, 1.82) is 0 Å². The molecule has 0 radical (unpaired) electrons. The Morgan fingerprint density at radius 2 is 1.94 bits per heavy atom. The van der Waals surface area contributed by atoms with Crippen LogP contribution < -0.4 is 5.73 Å². The first-order valence-electron chi connectivity index (χ1n) is 5.54. The Bertz CT molecular complexity index is 529. The van der Waals surface area contributed by atoms with Crippen molar-refractivity contribution in [3.63, 3.8) is 0 Å². The molecule has 0 saturated carbocycles. The number of nitrogens with two attached hydrogens (primary N) is 1. The summed E-state index contributed by atoms with van der Waals surface area (Å²) in [6.45, 7) is 4.03. The van der Waals surface area contributed by atoms with Gasteiger partial charge in [-0.3, -0.25) is 4.79 Å². The highest BCUT2D eigenvalue weighted by Gasteiger charge is 2.16. The third-order valence-corrected chi connectivity index (χ3v) is 2.62. The van der Waals surface area contributed by atoms with Gasteiger partial charge >= 0.3 is 0 Å². The van der Waals surface area contributed by atoms with Crippen LogP contribution in [0.15, 0.2) is 36.5 Å². The average Bonchev–Trinajstić information content (AvgIpc) is 2.75. The lowest BCUT2D eigenvalue weighted by Crippen LogP contribution is -2.14. The normalized spacial score (nSPS) is 10.8. The lowest BCUT2D eigenvalue weighted by Gasteiger charge is -2.01. The van der Waals surface area contributed by atoms with Crippen LogP contribution in [0.2, 0.25) is 0 Å². The fraction of sp³-hybridized carbons (Fsp3) is 0.231. The summed E-state index contributed by atoms with van der Waals surface area (Å²) in [5.41, 5.74) is 7.47. The molecular weight excluding hydrogens is 214 g/mol. The van der Waals surface area contributed by atoms with Gasteiger partial charge in [0.05, 0.1) is 5.69 Å². The van der Waals surface area contributed by atoms with Gasteiger partial charge < -0.3 is 5.73 Å². The number of primary amides is 1. The highest BCUT2D eigenvalue weighted by Crippen LogP contribution is 2.20. The predicted molar refractivity (Wildman–Crippen MR) is 66.2 cm³/mol. The smallest absolute Gasteiger partial charge is 0.269 e. The number of benzene rings is 1. The van der Waals surface area contributed by atoms with Crippen LogP contribution in [0.1, 0.15) is 35.8 Å². The zero-order chi connectivity index (χ0) is 12.4. The molecular formula is C13H15N3O. The molecule has 4 heteroatoms. The largest absolute Gasteiger partial charge is 0.364 e. The van der Waals surface area contributed by atoms with Gasteiger partial charge in [0.1, 0.15) is 0 Å². The quantitative estimate of drug-likeness (QED) is 0.876. The zero-order valence-electron chi connectivity index (χ0n) is 9.92. The minimum absolute atomic E-state index is 0.218. The first kappa shape index (κ1) is 11.4. The Balaban J connectivity index is 2.51. The number of amides is 1. The van der Waals surface area contributed by atoms with E-state index < -0.39 is 5.91 Å². The first-order valence-corrected chi connectivity index (χ1v) is 5.54. The molecule has 1 aromatic carbocycles. The maximum Gasteiger partial charge on any atom is 0.269 e. The lowest BCUT2D eigenvalue weighted by atomic mass is 10.0. The van der Waals surface area contributed by atoms with Gasteiger partial charge in [-0.25, -0.2) is 4.68 Å². The molecule has 1 amide bonds. The van der Waals surface area contributed by atoms with E-state index in [9.17, 15) is 4.79 Å². The van der Waals surface area contributed by atoms with Crippen molar-refractivity contribution in [2.45, 2.75) is 19.8 Å². The van der Waals surface area contributed by atoms with Crippen molar-refractivity contribution in [1.82, 2.24) is 9.78 Å². The maximum atomic E-state index is 11.3. The molecule has 2 rings (SSSR count). The monoisotopic (exact) mass is 229 g/mol. The summed E-state index contributed by atoms with van der Waals surface area (Å²) < 4.78 is 1.69. The summed E-state index contributed by atoms with van der Waals surface area (Å²) in [6, 6.07) is 9.65. The molecule has 4 nitrogen and oxygen atoms in total. The number of nitrogens with zero attached hydrogens (tertiary/aromatic N) is 2. The summed E-state index contributed by atoms with van der Waals surface area (Å²) in [7, 11) is 0. The molecule has 2 aromatic rings. The zero-order valence-corrected chi connectivity index (χ0v) is 9.92. The summed E-state index contributed by atoms with van der Waals surface area (Å²) in [5.74, 6) is -0.265. The van der Waals surface area contributed by atoms with E-state index in [0.717, 1.165) is 11.3 Å². The number of hydrogen-bond acceptors (Lipinski definition) is 2. The Morgan fingerprint density at radius 1 is 1.29 bits per heavy atom. The molecule has 2 N–H and O–H groups in total. The molecule has 0 atom stereocenters. The number of para-hydroxylation sites is 1. The van der Waals surface area contributed by atoms with Gasteiger partial charge in [0, 0.05) is 11.8 Å². The first-order chi connectivity index (χ1) is 8.09. The van der Waals surface area contributed by atoms with E-state index in [1.165, 1.54) is 0 Å². The van der Waals surface area contributed by atoms with Crippen molar-refractivity contribution in [2.24, 2.45) is 5.73 Å². The highest BCUT2D eigenvalue weighted by molar-refractivity contribution is 5.92. The lowest BCUT2D eigenvalue weighted by molar-refractivity contribution is 0.0994. The summed E-state index contributed by atoms with van der Waals surface area (Å²) >= 11 is 0. The van der Waals surface area contributed by atoms with Crippen molar-refractivity contribution in [3.05, 3.63) is 47.8 Å². The van der Waals surface area contributed by atoms with E-state index in [1.807, 2.05) is 50.4 Å². The predicted octanol–water partition coefficient (Wildman–Crippen LogP) is 2.09. The molecule has 17 heavy (non-hydrogen) atoms. The molecule has 0 bridgehead atoms. The fourth-order valence-corrected chi connectivity index (χ4v) is 1.71. The standard InChI is InChI=1S/C13H15N3O/c1-9(2)11-8-16(15-12(11)13(14)17)10-6-4-3-5-7-10/h3-9H,1-2H3,(H2,14,17). The van der Waals surface area contributed by atoms with Crippen LogP contribution in [0.5, 0.6) is 0 Å². The van der Waals surface area contributed by atoms with Gasteiger partial charge in [-0.05, 0) is 18.1 Å². The molecule has 0 aliphatic rings. The van der Waals surface area contributed by atoms with Gasteiger partial charge in [-0.2, -0.15) is 5.10 Å². The number of carbonyl (C=O) groups excluding carboxylic acids is 1. The molecule has 0 unspecified atom stereocenters. The topological polar surface area (TPSA) is 60.9 Å². The Kier molecular flexibility index (Phi) is 2.95. The molecule has 88 valence electrons. The third kappa shape index (κ3) is 2.20.